The molecule has 126 valence electrons. The molecule has 6 heteroatoms. The summed E-state index contributed by atoms with van der Waals surface area (Å²) in [4.78, 5) is 30.3. The monoisotopic (exact) mass is 334 g/mol. The predicted octanol–water partition coefficient (Wildman–Crippen LogP) is 2.83. The number of nitrogens with one attached hydrogen (secondary N) is 2. The van der Waals surface area contributed by atoms with Crippen LogP contribution in [0.15, 0.2) is 53.6 Å². The highest BCUT2D eigenvalue weighted by Gasteiger charge is 2.15. The van der Waals surface area contributed by atoms with Crippen LogP contribution < -0.4 is 10.9 Å². The fourth-order valence-electron chi connectivity index (χ4n) is 3.12. The minimum atomic E-state index is -0.262. The van der Waals surface area contributed by atoms with Gasteiger partial charge in [-0.25, -0.2) is 4.98 Å². The molecule has 3 aromatic rings. The van der Waals surface area contributed by atoms with Crippen molar-refractivity contribution in [1.82, 2.24) is 14.5 Å². The van der Waals surface area contributed by atoms with Gasteiger partial charge in [0.1, 0.15) is 5.82 Å². The maximum atomic E-state index is 12.2. The molecule has 0 aliphatic carbocycles. The third-order valence-corrected chi connectivity index (χ3v) is 4.45. The highest BCUT2D eigenvalue weighted by Crippen LogP contribution is 2.25. The Morgan fingerprint density at radius 1 is 1.12 bits per heavy atom. The molecular weight excluding hydrogens is 316 g/mol. The molecule has 3 heterocycles. The number of imidazole rings is 1. The Kier molecular flexibility index (Phi) is 3.93. The summed E-state index contributed by atoms with van der Waals surface area (Å²) in [6, 6.07) is 10.5. The summed E-state index contributed by atoms with van der Waals surface area (Å²) >= 11 is 0. The first kappa shape index (κ1) is 15.4. The average molecular weight is 334 g/mol. The first-order chi connectivity index (χ1) is 12.2. The molecule has 6 nitrogen and oxygen atoms in total. The van der Waals surface area contributed by atoms with Crippen LogP contribution in [0.1, 0.15) is 28.9 Å². The van der Waals surface area contributed by atoms with Crippen LogP contribution in [0.25, 0.3) is 11.4 Å². The van der Waals surface area contributed by atoms with E-state index in [0.29, 0.717) is 11.3 Å². The Hall–Kier alpha value is -3.15. The zero-order valence-electron chi connectivity index (χ0n) is 13.7. The molecule has 4 rings (SSSR count). The summed E-state index contributed by atoms with van der Waals surface area (Å²) < 4.78 is 2.28. The van der Waals surface area contributed by atoms with E-state index in [-0.39, 0.29) is 11.5 Å². The first-order valence-electron chi connectivity index (χ1n) is 8.36. The zero-order chi connectivity index (χ0) is 17.2. The summed E-state index contributed by atoms with van der Waals surface area (Å²) in [5.41, 5.74) is 3.20. The second kappa shape index (κ2) is 6.39. The number of aromatic nitrogens is 3. The fourth-order valence-corrected chi connectivity index (χ4v) is 3.12. The Morgan fingerprint density at radius 3 is 2.72 bits per heavy atom. The molecule has 1 amide bonds. The van der Waals surface area contributed by atoms with E-state index in [1.165, 1.54) is 36.9 Å². The van der Waals surface area contributed by atoms with Crippen LogP contribution in [0, 0.1) is 0 Å². The van der Waals surface area contributed by atoms with E-state index in [2.05, 4.69) is 19.9 Å². The molecule has 1 aromatic carbocycles. The van der Waals surface area contributed by atoms with Crippen molar-refractivity contribution in [3.8, 4) is 11.4 Å². The van der Waals surface area contributed by atoms with Gasteiger partial charge in [0, 0.05) is 41.9 Å². The van der Waals surface area contributed by atoms with Gasteiger partial charge in [0.25, 0.3) is 5.91 Å². The standard InChI is InChI=1S/C19H18N4O2/c24-17-9-6-14(11-20-17)19(25)22-15-7-4-13(5-8-15)18-21-12-16-3-1-2-10-23(16)18/h4-9,11-12H,1-3,10H2,(H,20,24)(H,22,25). The number of amides is 1. The Labute approximate surface area is 144 Å². The van der Waals surface area contributed by atoms with Gasteiger partial charge in [-0.3, -0.25) is 9.59 Å². The third kappa shape index (κ3) is 3.10. The molecule has 0 saturated heterocycles. The van der Waals surface area contributed by atoms with E-state index in [0.717, 1.165) is 24.4 Å². The average Bonchev–Trinajstić information content (AvgIpc) is 3.07. The normalized spacial score (nSPS) is 13.3. The molecule has 0 saturated carbocycles. The Bertz CT molecular complexity index is 949. The van der Waals surface area contributed by atoms with Crippen molar-refractivity contribution in [3.05, 3.63) is 70.4 Å². The molecule has 1 aliphatic rings. The molecule has 0 radical (unpaired) electrons. The van der Waals surface area contributed by atoms with Crippen molar-refractivity contribution in [1.29, 1.82) is 0 Å². The van der Waals surface area contributed by atoms with Crippen LogP contribution in [-0.2, 0) is 13.0 Å². The number of aromatic amines is 1. The number of aryl methyl sites for hydroxylation is 1. The maximum absolute atomic E-state index is 12.2. The van der Waals surface area contributed by atoms with Crippen LogP contribution in [-0.4, -0.2) is 20.4 Å². The lowest BCUT2D eigenvalue weighted by Gasteiger charge is -2.16. The number of carbonyl (C=O) groups excluding carboxylic acids is 1. The highest BCUT2D eigenvalue weighted by molar-refractivity contribution is 6.04. The number of hydrogen-bond donors (Lipinski definition) is 2. The van der Waals surface area contributed by atoms with Gasteiger partial charge in [-0.15, -0.1) is 0 Å². The molecule has 2 aromatic heterocycles. The van der Waals surface area contributed by atoms with E-state index in [9.17, 15) is 9.59 Å². The van der Waals surface area contributed by atoms with E-state index < -0.39 is 0 Å². The van der Waals surface area contributed by atoms with Gasteiger partial charge in [0.2, 0.25) is 5.56 Å². The van der Waals surface area contributed by atoms with Gasteiger partial charge < -0.3 is 14.9 Å². The summed E-state index contributed by atoms with van der Waals surface area (Å²) in [6.45, 7) is 1.01. The largest absolute Gasteiger partial charge is 0.328 e. The van der Waals surface area contributed by atoms with Crippen LogP contribution in [0.2, 0.25) is 0 Å². The number of nitrogens with zero attached hydrogens (tertiary/aromatic N) is 2. The lowest BCUT2D eigenvalue weighted by atomic mass is 10.1. The third-order valence-electron chi connectivity index (χ3n) is 4.45. The summed E-state index contributed by atoms with van der Waals surface area (Å²) in [5, 5.41) is 2.82. The van der Waals surface area contributed by atoms with Gasteiger partial charge in [0.15, 0.2) is 0 Å². The smallest absolute Gasteiger partial charge is 0.257 e. The lowest BCUT2D eigenvalue weighted by Crippen LogP contribution is -2.14. The van der Waals surface area contributed by atoms with Crippen LogP contribution in [0.4, 0.5) is 5.69 Å². The van der Waals surface area contributed by atoms with E-state index in [4.69, 9.17) is 0 Å². The molecule has 0 bridgehead atoms. The summed E-state index contributed by atoms with van der Waals surface area (Å²) in [5.74, 6) is 0.718. The number of hydrogen-bond acceptors (Lipinski definition) is 3. The first-order valence-corrected chi connectivity index (χ1v) is 8.36. The topological polar surface area (TPSA) is 79.8 Å². The Balaban J connectivity index is 1.52. The Morgan fingerprint density at radius 2 is 1.96 bits per heavy atom. The van der Waals surface area contributed by atoms with E-state index in [1.54, 1.807) is 0 Å². The number of fused-ring (bicyclic) bond motifs is 1. The van der Waals surface area contributed by atoms with Gasteiger partial charge in [0.05, 0.1) is 5.56 Å². The summed E-state index contributed by atoms with van der Waals surface area (Å²) in [7, 11) is 0. The fraction of sp³-hybridized carbons (Fsp3) is 0.211. The molecular formula is C19H18N4O2. The van der Waals surface area contributed by atoms with Crippen LogP contribution in [0.5, 0.6) is 0 Å². The van der Waals surface area contributed by atoms with Gasteiger partial charge in [-0.1, -0.05) is 0 Å². The minimum Gasteiger partial charge on any atom is -0.328 e. The number of rotatable bonds is 3. The minimum absolute atomic E-state index is 0.232. The maximum Gasteiger partial charge on any atom is 0.257 e. The van der Waals surface area contributed by atoms with Crippen molar-refractivity contribution >= 4 is 11.6 Å². The van der Waals surface area contributed by atoms with Crippen molar-refractivity contribution in [2.24, 2.45) is 0 Å². The summed E-state index contributed by atoms with van der Waals surface area (Å²) in [6.07, 6.45) is 6.86. The quantitative estimate of drug-likeness (QED) is 0.773. The predicted molar refractivity (Wildman–Crippen MR) is 95.6 cm³/mol. The molecule has 0 unspecified atom stereocenters. The molecule has 0 atom stereocenters. The number of carbonyl (C=O) groups is 1. The van der Waals surface area contributed by atoms with Gasteiger partial charge in [-0.2, -0.15) is 0 Å². The SMILES string of the molecule is O=C(Nc1ccc(-c2ncc3n2CCCC3)cc1)c1ccc(=O)[nH]c1. The molecule has 0 spiro atoms. The van der Waals surface area contributed by atoms with Crippen LogP contribution in [0.3, 0.4) is 0 Å². The molecule has 1 aliphatic heterocycles. The van der Waals surface area contributed by atoms with Gasteiger partial charge >= 0.3 is 0 Å². The zero-order valence-corrected chi connectivity index (χ0v) is 13.7. The van der Waals surface area contributed by atoms with Crippen molar-refractivity contribution in [3.63, 3.8) is 0 Å². The van der Waals surface area contributed by atoms with Crippen molar-refractivity contribution in [2.45, 2.75) is 25.8 Å². The van der Waals surface area contributed by atoms with E-state index >= 15 is 0 Å². The lowest BCUT2D eigenvalue weighted by molar-refractivity contribution is 0.102. The van der Waals surface area contributed by atoms with Crippen molar-refractivity contribution < 1.29 is 4.79 Å². The van der Waals surface area contributed by atoms with Crippen LogP contribution >= 0.6 is 0 Å². The second-order valence-corrected chi connectivity index (χ2v) is 6.15. The highest BCUT2D eigenvalue weighted by atomic mass is 16.1. The number of anilines is 1. The number of H-pyrrole nitrogens is 1. The molecule has 25 heavy (non-hydrogen) atoms. The number of pyridine rings is 1. The number of benzene rings is 1. The molecule has 2 N–H and O–H groups in total. The molecule has 0 fully saturated rings. The van der Waals surface area contributed by atoms with Crippen molar-refractivity contribution in [2.75, 3.05) is 5.32 Å². The second-order valence-electron chi connectivity index (χ2n) is 6.15. The van der Waals surface area contributed by atoms with Gasteiger partial charge in [-0.05, 0) is 49.6 Å². The van der Waals surface area contributed by atoms with E-state index in [1.807, 2.05) is 30.5 Å².